The molecule has 1 aromatic carbocycles. The minimum absolute atomic E-state index is 0.608. The molecule has 2 heterocycles. The molecule has 2 aliphatic heterocycles. The zero-order valence-corrected chi connectivity index (χ0v) is 11.1. The van der Waals surface area contributed by atoms with Crippen LogP contribution in [0.15, 0.2) is 18.2 Å². The zero-order valence-electron chi connectivity index (χ0n) is 11.1. The lowest BCUT2D eigenvalue weighted by molar-refractivity contribution is 0.168. The molecule has 0 radical (unpaired) electrons. The van der Waals surface area contributed by atoms with Crippen molar-refractivity contribution in [1.29, 1.82) is 0 Å². The van der Waals surface area contributed by atoms with E-state index in [0.717, 1.165) is 50.0 Å². The largest absolute Gasteiger partial charge is 0.492 e. The fourth-order valence-electron chi connectivity index (χ4n) is 2.34. The summed E-state index contributed by atoms with van der Waals surface area (Å²) < 4.78 is 16.8. The van der Waals surface area contributed by atoms with Gasteiger partial charge in [0.2, 0.25) is 0 Å². The topological polar surface area (TPSA) is 43.0 Å². The molecule has 1 saturated heterocycles. The van der Waals surface area contributed by atoms with Gasteiger partial charge in [0.25, 0.3) is 0 Å². The van der Waals surface area contributed by atoms with E-state index in [-0.39, 0.29) is 0 Å². The average Bonchev–Trinajstić information content (AvgIpc) is 2.48. The number of piperazine rings is 1. The third kappa shape index (κ3) is 3.30. The minimum atomic E-state index is 0.608. The molecule has 0 saturated carbocycles. The van der Waals surface area contributed by atoms with Gasteiger partial charge in [-0.3, -0.25) is 4.90 Å². The van der Waals surface area contributed by atoms with Crippen LogP contribution in [0.4, 0.5) is 0 Å². The molecule has 5 nitrogen and oxygen atoms in total. The van der Waals surface area contributed by atoms with Crippen molar-refractivity contribution in [1.82, 2.24) is 10.2 Å². The Morgan fingerprint density at radius 3 is 2.74 bits per heavy atom. The second-order valence-corrected chi connectivity index (χ2v) is 4.75. The van der Waals surface area contributed by atoms with E-state index in [0.29, 0.717) is 19.8 Å². The first-order valence-electron chi connectivity index (χ1n) is 6.87. The van der Waals surface area contributed by atoms with Crippen molar-refractivity contribution < 1.29 is 14.2 Å². The second-order valence-electron chi connectivity index (χ2n) is 4.75. The second kappa shape index (κ2) is 6.12. The van der Waals surface area contributed by atoms with Crippen molar-refractivity contribution in [2.75, 3.05) is 52.5 Å². The molecule has 5 heteroatoms. The van der Waals surface area contributed by atoms with Crippen molar-refractivity contribution in [2.24, 2.45) is 0 Å². The molecule has 0 bridgehead atoms. The number of hydrogen-bond acceptors (Lipinski definition) is 5. The number of nitrogens with one attached hydrogen (secondary N) is 1. The van der Waals surface area contributed by atoms with Gasteiger partial charge in [0, 0.05) is 38.8 Å². The lowest BCUT2D eigenvalue weighted by Gasteiger charge is -2.27. The molecule has 0 atom stereocenters. The maximum absolute atomic E-state index is 5.78. The van der Waals surface area contributed by atoms with Crippen LogP contribution in [0.2, 0.25) is 0 Å². The molecule has 3 rings (SSSR count). The van der Waals surface area contributed by atoms with Crippen LogP contribution in [0.5, 0.6) is 17.2 Å². The maximum Gasteiger partial charge on any atom is 0.165 e. The van der Waals surface area contributed by atoms with E-state index in [1.807, 2.05) is 18.2 Å². The van der Waals surface area contributed by atoms with Gasteiger partial charge >= 0.3 is 0 Å². The van der Waals surface area contributed by atoms with Gasteiger partial charge in [-0.15, -0.1) is 0 Å². The molecule has 0 unspecified atom stereocenters. The Balaban J connectivity index is 1.49. The first-order valence-corrected chi connectivity index (χ1v) is 6.87. The van der Waals surface area contributed by atoms with Gasteiger partial charge in [-0.2, -0.15) is 0 Å². The van der Waals surface area contributed by atoms with Gasteiger partial charge in [-0.1, -0.05) is 0 Å². The molecule has 1 fully saturated rings. The highest BCUT2D eigenvalue weighted by atomic mass is 16.6. The maximum atomic E-state index is 5.78. The van der Waals surface area contributed by atoms with E-state index in [2.05, 4.69) is 10.2 Å². The van der Waals surface area contributed by atoms with Crippen LogP contribution in [0.25, 0.3) is 0 Å². The Labute approximate surface area is 113 Å². The lowest BCUT2D eigenvalue weighted by Crippen LogP contribution is -2.44. The van der Waals surface area contributed by atoms with E-state index < -0.39 is 0 Å². The molecule has 1 aromatic rings. The molecule has 104 valence electrons. The third-order valence-electron chi connectivity index (χ3n) is 3.40. The Kier molecular flexibility index (Phi) is 4.05. The summed E-state index contributed by atoms with van der Waals surface area (Å²) in [6, 6.07) is 5.76. The first-order chi connectivity index (χ1) is 9.42. The predicted molar refractivity (Wildman–Crippen MR) is 72.2 cm³/mol. The van der Waals surface area contributed by atoms with Crippen LogP contribution in [0.3, 0.4) is 0 Å². The molecular weight excluding hydrogens is 244 g/mol. The number of nitrogens with zero attached hydrogens (tertiary/aromatic N) is 1. The Morgan fingerprint density at radius 1 is 1.11 bits per heavy atom. The van der Waals surface area contributed by atoms with Gasteiger partial charge in [0.15, 0.2) is 11.5 Å². The standard InChI is InChI=1S/C14H20N2O3/c1-2-13-14(19-10-9-18-13)11-12(1)17-8-7-16-5-3-15-4-6-16/h1-2,11,15H,3-10H2. The number of fused-ring (bicyclic) bond motifs is 1. The highest BCUT2D eigenvalue weighted by molar-refractivity contribution is 5.46. The van der Waals surface area contributed by atoms with Crippen molar-refractivity contribution in [2.45, 2.75) is 0 Å². The molecular formula is C14H20N2O3. The summed E-state index contributed by atoms with van der Waals surface area (Å²) in [6.07, 6.45) is 0. The van der Waals surface area contributed by atoms with Crippen molar-refractivity contribution in [3.8, 4) is 17.2 Å². The Morgan fingerprint density at radius 2 is 1.89 bits per heavy atom. The van der Waals surface area contributed by atoms with Crippen LogP contribution in [0.1, 0.15) is 0 Å². The summed E-state index contributed by atoms with van der Waals surface area (Å²) in [4.78, 5) is 2.41. The number of rotatable bonds is 4. The number of ether oxygens (including phenoxy) is 3. The summed E-state index contributed by atoms with van der Waals surface area (Å²) in [5.74, 6) is 2.44. The van der Waals surface area contributed by atoms with Crippen LogP contribution >= 0.6 is 0 Å². The monoisotopic (exact) mass is 264 g/mol. The summed E-state index contributed by atoms with van der Waals surface area (Å²) >= 11 is 0. The molecule has 0 aromatic heterocycles. The Bertz CT molecular complexity index is 419. The average molecular weight is 264 g/mol. The third-order valence-corrected chi connectivity index (χ3v) is 3.40. The molecule has 19 heavy (non-hydrogen) atoms. The summed E-state index contributed by atoms with van der Waals surface area (Å²) in [5.41, 5.74) is 0. The van der Waals surface area contributed by atoms with Gasteiger partial charge in [-0.05, 0) is 12.1 Å². The smallest absolute Gasteiger partial charge is 0.165 e. The van der Waals surface area contributed by atoms with E-state index in [1.165, 1.54) is 0 Å². The summed E-state index contributed by atoms with van der Waals surface area (Å²) in [7, 11) is 0. The van der Waals surface area contributed by atoms with Crippen molar-refractivity contribution >= 4 is 0 Å². The Hall–Kier alpha value is -1.46. The number of benzene rings is 1. The van der Waals surface area contributed by atoms with E-state index in [1.54, 1.807) is 0 Å². The molecule has 1 N–H and O–H groups in total. The summed E-state index contributed by atoms with van der Waals surface area (Å²) in [6.45, 7) is 7.26. The SMILES string of the molecule is c1cc2c(cc1OCCN1CCNCC1)OCCO2. The van der Waals surface area contributed by atoms with Crippen molar-refractivity contribution in [3.63, 3.8) is 0 Å². The molecule has 0 amide bonds. The van der Waals surface area contributed by atoms with Crippen molar-refractivity contribution in [3.05, 3.63) is 18.2 Å². The van der Waals surface area contributed by atoms with E-state index in [4.69, 9.17) is 14.2 Å². The zero-order chi connectivity index (χ0) is 12.9. The first kappa shape index (κ1) is 12.6. The number of hydrogen-bond donors (Lipinski definition) is 1. The van der Waals surface area contributed by atoms with E-state index >= 15 is 0 Å². The van der Waals surface area contributed by atoms with Gasteiger partial charge in [0.05, 0.1) is 0 Å². The van der Waals surface area contributed by atoms with Crippen LogP contribution in [-0.2, 0) is 0 Å². The van der Waals surface area contributed by atoms with Gasteiger partial charge < -0.3 is 19.5 Å². The van der Waals surface area contributed by atoms with Gasteiger partial charge in [-0.25, -0.2) is 0 Å². The predicted octanol–water partition coefficient (Wildman–Crippen LogP) is 0.742. The molecule has 2 aliphatic rings. The highest BCUT2D eigenvalue weighted by Crippen LogP contribution is 2.33. The highest BCUT2D eigenvalue weighted by Gasteiger charge is 2.13. The quantitative estimate of drug-likeness (QED) is 0.869. The fourth-order valence-corrected chi connectivity index (χ4v) is 2.34. The molecule has 0 spiro atoms. The van der Waals surface area contributed by atoms with Crippen LogP contribution in [-0.4, -0.2) is 57.4 Å². The normalized spacial score (nSPS) is 19.2. The van der Waals surface area contributed by atoms with Crippen LogP contribution < -0.4 is 19.5 Å². The van der Waals surface area contributed by atoms with Gasteiger partial charge in [0.1, 0.15) is 25.6 Å². The fraction of sp³-hybridized carbons (Fsp3) is 0.571. The molecule has 0 aliphatic carbocycles. The summed E-state index contributed by atoms with van der Waals surface area (Å²) in [5, 5.41) is 3.34. The lowest BCUT2D eigenvalue weighted by atomic mass is 10.3. The van der Waals surface area contributed by atoms with Crippen LogP contribution in [0, 0.1) is 0 Å². The van der Waals surface area contributed by atoms with E-state index in [9.17, 15) is 0 Å². The minimum Gasteiger partial charge on any atom is -0.492 e.